The van der Waals surface area contributed by atoms with Crippen LogP contribution in [0.1, 0.15) is 62.8 Å². The molecule has 5 heteroatoms. The molecule has 0 aliphatic rings. The topological polar surface area (TPSA) is 58.6 Å². The van der Waals surface area contributed by atoms with Gasteiger partial charge in [-0.25, -0.2) is 4.39 Å². The van der Waals surface area contributed by atoms with Crippen molar-refractivity contribution in [1.29, 1.82) is 0 Å². The molecule has 0 aromatic heterocycles. The van der Waals surface area contributed by atoms with Crippen LogP contribution < -0.4 is 10.1 Å². The van der Waals surface area contributed by atoms with Gasteiger partial charge in [-0.05, 0) is 58.2 Å². The monoisotopic (exact) mass is 387 g/mol. The first-order valence-corrected chi connectivity index (χ1v) is 9.51. The number of phenols is 1. The van der Waals surface area contributed by atoms with Crippen molar-refractivity contribution in [3.63, 3.8) is 0 Å². The summed E-state index contributed by atoms with van der Waals surface area (Å²) in [5, 5.41) is 12.5. The van der Waals surface area contributed by atoms with Gasteiger partial charge >= 0.3 is 0 Å². The smallest absolute Gasteiger partial charge is 0.257 e. The Balaban J connectivity index is 2.42. The van der Waals surface area contributed by atoms with Gasteiger partial charge in [-0.2, -0.15) is 0 Å². The highest BCUT2D eigenvalue weighted by Crippen LogP contribution is 2.34. The molecule has 2 aromatic rings. The molecular formula is C23H30FNO3. The normalized spacial score (nSPS) is 11.6. The van der Waals surface area contributed by atoms with Crippen molar-refractivity contribution in [3.8, 4) is 11.5 Å². The third-order valence-corrected chi connectivity index (χ3v) is 4.71. The number of carbonyl (C=O) groups is 1. The lowest BCUT2D eigenvalue weighted by molar-refractivity contribution is -0.122. The van der Waals surface area contributed by atoms with Crippen LogP contribution in [0.5, 0.6) is 11.5 Å². The Bertz CT molecular complexity index is 854. The Hall–Kier alpha value is -2.56. The van der Waals surface area contributed by atoms with Crippen molar-refractivity contribution in [1.82, 2.24) is 5.32 Å². The fourth-order valence-electron chi connectivity index (χ4n) is 3.16. The van der Waals surface area contributed by atoms with Crippen LogP contribution in [0.4, 0.5) is 4.39 Å². The van der Waals surface area contributed by atoms with Gasteiger partial charge in [-0.3, -0.25) is 4.79 Å². The highest BCUT2D eigenvalue weighted by Gasteiger charge is 2.22. The molecule has 0 fully saturated rings. The molecule has 0 heterocycles. The minimum atomic E-state index is -0.491. The van der Waals surface area contributed by atoms with Gasteiger partial charge in [0.2, 0.25) is 0 Å². The molecule has 0 saturated heterocycles. The van der Waals surface area contributed by atoms with Crippen LogP contribution >= 0.6 is 0 Å². The highest BCUT2D eigenvalue weighted by molar-refractivity contribution is 5.77. The first-order chi connectivity index (χ1) is 13.0. The van der Waals surface area contributed by atoms with E-state index in [1.807, 2.05) is 26.0 Å². The lowest BCUT2D eigenvalue weighted by Gasteiger charge is -2.24. The second kappa shape index (κ2) is 8.63. The fraction of sp³-hybridized carbons (Fsp3) is 0.435. The van der Waals surface area contributed by atoms with Crippen LogP contribution in [0.15, 0.2) is 30.3 Å². The zero-order valence-corrected chi connectivity index (χ0v) is 17.5. The second-order valence-electron chi connectivity index (χ2n) is 8.38. The fourth-order valence-corrected chi connectivity index (χ4v) is 3.16. The van der Waals surface area contributed by atoms with Crippen molar-refractivity contribution >= 4 is 5.91 Å². The van der Waals surface area contributed by atoms with E-state index in [-0.39, 0.29) is 35.3 Å². The quantitative estimate of drug-likeness (QED) is 0.757. The van der Waals surface area contributed by atoms with E-state index in [4.69, 9.17) is 4.74 Å². The van der Waals surface area contributed by atoms with E-state index in [0.717, 1.165) is 22.3 Å². The van der Waals surface area contributed by atoms with Crippen LogP contribution in [0.3, 0.4) is 0 Å². The van der Waals surface area contributed by atoms with E-state index in [1.54, 1.807) is 12.1 Å². The van der Waals surface area contributed by atoms with Gasteiger partial charge in [0.15, 0.2) is 18.2 Å². The molecule has 1 amide bonds. The van der Waals surface area contributed by atoms with E-state index in [2.05, 4.69) is 26.1 Å². The summed E-state index contributed by atoms with van der Waals surface area (Å²) >= 11 is 0. The Kier molecular flexibility index (Phi) is 6.70. The van der Waals surface area contributed by atoms with Crippen LogP contribution in [-0.4, -0.2) is 24.7 Å². The molecule has 0 bridgehead atoms. The maximum atomic E-state index is 14.7. The Morgan fingerprint density at radius 2 is 1.89 bits per heavy atom. The number of hydrogen-bond donors (Lipinski definition) is 2. The molecule has 2 aromatic carbocycles. The van der Waals surface area contributed by atoms with E-state index >= 15 is 0 Å². The summed E-state index contributed by atoms with van der Waals surface area (Å²) in [6.07, 6.45) is 0.541. The number of carbonyl (C=O) groups excluding carboxylic acids is 1. The first-order valence-electron chi connectivity index (χ1n) is 9.51. The maximum Gasteiger partial charge on any atom is 0.257 e. The highest BCUT2D eigenvalue weighted by atomic mass is 19.1. The third-order valence-electron chi connectivity index (χ3n) is 4.71. The van der Waals surface area contributed by atoms with Crippen molar-refractivity contribution in [2.75, 3.05) is 13.7 Å². The number of likely N-dealkylation sites (N-methyl/N-ethyl adjacent to an activating group) is 1. The first kappa shape index (κ1) is 21.7. The number of amides is 1. The zero-order chi connectivity index (χ0) is 21.1. The number of ether oxygens (including phenoxy) is 1. The molecule has 0 spiro atoms. The summed E-state index contributed by atoms with van der Waals surface area (Å²) in [6.45, 7) is 10.00. The molecule has 0 radical (unpaired) electrons. The molecule has 0 aliphatic heterocycles. The third kappa shape index (κ3) is 5.24. The summed E-state index contributed by atoms with van der Waals surface area (Å²) < 4.78 is 20.0. The van der Waals surface area contributed by atoms with Gasteiger partial charge < -0.3 is 15.2 Å². The number of nitrogens with one attached hydrogen (secondary N) is 1. The number of benzene rings is 2. The van der Waals surface area contributed by atoms with Crippen molar-refractivity contribution in [3.05, 3.63) is 58.4 Å². The molecule has 2 rings (SSSR count). The predicted octanol–water partition coefficient (Wildman–Crippen LogP) is 4.67. The van der Waals surface area contributed by atoms with Crippen LogP contribution in [0.2, 0.25) is 0 Å². The SMILES string of the molecule is CNC(=O)COc1cc(C(C)(C)C)c(Cc2ccc(O)c(C(C)C)c2)cc1F. The average Bonchev–Trinajstić information content (AvgIpc) is 2.61. The van der Waals surface area contributed by atoms with Gasteiger partial charge in [0.25, 0.3) is 5.91 Å². The average molecular weight is 387 g/mol. The second-order valence-corrected chi connectivity index (χ2v) is 8.38. The summed E-state index contributed by atoms with van der Waals surface area (Å²) in [4.78, 5) is 11.4. The van der Waals surface area contributed by atoms with Gasteiger partial charge in [0.1, 0.15) is 5.75 Å². The molecule has 0 atom stereocenters. The van der Waals surface area contributed by atoms with Crippen LogP contribution in [0, 0.1) is 5.82 Å². The summed E-state index contributed by atoms with van der Waals surface area (Å²) in [7, 11) is 1.51. The Labute approximate surface area is 166 Å². The van der Waals surface area contributed by atoms with Gasteiger partial charge in [-0.15, -0.1) is 0 Å². The van der Waals surface area contributed by atoms with Crippen molar-refractivity contribution < 1.29 is 19.0 Å². The molecule has 152 valence electrons. The van der Waals surface area contributed by atoms with Crippen LogP contribution in [0.25, 0.3) is 0 Å². The summed E-state index contributed by atoms with van der Waals surface area (Å²) in [6, 6.07) is 8.71. The molecule has 0 unspecified atom stereocenters. The molecule has 2 N–H and O–H groups in total. The summed E-state index contributed by atoms with van der Waals surface area (Å²) in [5.41, 5.74) is 3.47. The van der Waals surface area contributed by atoms with E-state index < -0.39 is 5.82 Å². The van der Waals surface area contributed by atoms with Gasteiger partial charge in [-0.1, -0.05) is 46.8 Å². The number of halogens is 1. The minimum absolute atomic E-state index is 0.0749. The standard InChI is InChI=1S/C23H30FNO3/c1-14(2)17-10-15(7-8-20(17)26)9-16-11-19(24)21(28-13-22(27)25-6)12-18(16)23(3,4)5/h7-8,10-12,14,26H,9,13H2,1-6H3,(H,25,27). The molecular weight excluding hydrogens is 357 g/mol. The van der Waals surface area contributed by atoms with E-state index in [9.17, 15) is 14.3 Å². The molecule has 0 aliphatic carbocycles. The Morgan fingerprint density at radius 3 is 2.46 bits per heavy atom. The van der Waals surface area contributed by atoms with E-state index in [0.29, 0.717) is 6.42 Å². The van der Waals surface area contributed by atoms with Crippen LogP contribution in [-0.2, 0) is 16.6 Å². The summed E-state index contributed by atoms with van der Waals surface area (Å²) in [5.74, 6) is -0.259. The Morgan fingerprint density at radius 1 is 1.21 bits per heavy atom. The lowest BCUT2D eigenvalue weighted by Crippen LogP contribution is -2.25. The molecule has 0 saturated carbocycles. The largest absolute Gasteiger partial charge is 0.508 e. The number of rotatable bonds is 6. The predicted molar refractivity (Wildman–Crippen MR) is 110 cm³/mol. The maximum absolute atomic E-state index is 14.7. The number of aromatic hydroxyl groups is 1. The lowest BCUT2D eigenvalue weighted by atomic mass is 9.81. The minimum Gasteiger partial charge on any atom is -0.508 e. The molecule has 4 nitrogen and oxygen atoms in total. The van der Waals surface area contributed by atoms with Gasteiger partial charge in [0.05, 0.1) is 0 Å². The van der Waals surface area contributed by atoms with E-state index in [1.165, 1.54) is 13.1 Å². The van der Waals surface area contributed by atoms with Crippen molar-refractivity contribution in [2.24, 2.45) is 0 Å². The van der Waals surface area contributed by atoms with Gasteiger partial charge in [0, 0.05) is 7.05 Å². The zero-order valence-electron chi connectivity index (χ0n) is 17.5. The number of hydrogen-bond acceptors (Lipinski definition) is 3. The molecule has 28 heavy (non-hydrogen) atoms. The number of phenolic OH excluding ortho intramolecular Hbond substituents is 1. The van der Waals surface area contributed by atoms with Crippen molar-refractivity contribution in [2.45, 2.75) is 52.4 Å².